The van der Waals surface area contributed by atoms with Gasteiger partial charge in [-0.3, -0.25) is 14.5 Å². The molecule has 0 radical (unpaired) electrons. The molecule has 5 aliphatic heterocycles. The zero-order chi connectivity index (χ0) is 42.7. The van der Waals surface area contributed by atoms with Gasteiger partial charge >= 0.3 is 17.9 Å². The average molecular weight is 835 g/mol. The predicted molar refractivity (Wildman–Crippen MR) is 231 cm³/mol. The highest BCUT2D eigenvalue weighted by atomic mass is 16.6. The Kier molecular flexibility index (Phi) is 9.55. The average Bonchev–Trinajstić information content (AvgIpc) is 3.93. The van der Waals surface area contributed by atoms with Crippen molar-refractivity contribution in [3.63, 3.8) is 0 Å². The first-order chi connectivity index (χ1) is 29.4. The predicted octanol–water partition coefficient (Wildman–Crippen LogP) is 5.80. The molecule has 3 aromatic rings. The highest BCUT2D eigenvalue weighted by Crippen LogP contribution is 2.68. The third-order valence-electron chi connectivity index (χ3n) is 16.9. The smallest absolute Gasteiger partial charge is 0.344 e. The number of H-pyrrole nitrogens is 1. The van der Waals surface area contributed by atoms with Crippen molar-refractivity contribution in [3.8, 4) is 5.75 Å². The summed E-state index contributed by atoms with van der Waals surface area (Å²) in [6.45, 7) is 7.64. The van der Waals surface area contributed by atoms with Crippen LogP contribution in [0, 0.1) is 16.7 Å². The second-order valence-electron chi connectivity index (χ2n) is 19.7. The number of aliphatic hydroxyl groups is 1. The number of nitrogens with zero attached hydrogens (tertiary/aromatic N) is 3. The van der Waals surface area contributed by atoms with E-state index in [9.17, 15) is 14.7 Å². The number of hydrogen-bond donors (Lipinski definition) is 2. The number of methoxy groups -OCH3 is 3. The first-order valence-electron chi connectivity index (χ1n) is 22.6. The molecule has 2 N–H and O–H groups in total. The first kappa shape index (κ1) is 40.7. The molecule has 0 amide bonds. The molecule has 1 unspecified atom stereocenters. The molecule has 12 heteroatoms. The van der Waals surface area contributed by atoms with E-state index >= 15 is 4.79 Å². The van der Waals surface area contributed by atoms with Gasteiger partial charge < -0.3 is 38.8 Å². The van der Waals surface area contributed by atoms with Gasteiger partial charge in [0.05, 0.1) is 27.4 Å². The summed E-state index contributed by atoms with van der Waals surface area (Å²) in [4.78, 5) is 54.0. The lowest BCUT2D eigenvalue weighted by atomic mass is 9.47. The van der Waals surface area contributed by atoms with E-state index in [1.165, 1.54) is 53.2 Å². The number of hydrogen-bond acceptors (Lipinski definition) is 11. The summed E-state index contributed by atoms with van der Waals surface area (Å²) in [6.07, 6.45) is 12.6. The number of esters is 3. The molecule has 2 saturated heterocycles. The molecule has 12 nitrogen and oxygen atoms in total. The Labute approximate surface area is 358 Å². The van der Waals surface area contributed by atoms with Gasteiger partial charge in [-0.05, 0) is 86.1 Å². The Morgan fingerprint density at radius 2 is 1.70 bits per heavy atom. The van der Waals surface area contributed by atoms with Crippen LogP contribution in [-0.2, 0) is 45.8 Å². The molecule has 2 aromatic carbocycles. The Bertz CT molecular complexity index is 2320. The van der Waals surface area contributed by atoms with Crippen molar-refractivity contribution in [2.45, 2.75) is 113 Å². The van der Waals surface area contributed by atoms with E-state index in [-0.39, 0.29) is 23.3 Å². The lowest BCUT2D eigenvalue weighted by Gasteiger charge is -2.63. The van der Waals surface area contributed by atoms with Crippen molar-refractivity contribution in [1.82, 2.24) is 14.8 Å². The molecule has 2 spiro atoms. The maximum absolute atomic E-state index is 15.5. The highest BCUT2D eigenvalue weighted by Gasteiger charge is 2.80. The summed E-state index contributed by atoms with van der Waals surface area (Å²) in [7, 11) is 6.34. The van der Waals surface area contributed by atoms with E-state index in [2.05, 4.69) is 51.2 Å². The monoisotopic (exact) mass is 834 g/mol. The second-order valence-corrected chi connectivity index (χ2v) is 19.7. The minimum atomic E-state index is -2.27. The van der Waals surface area contributed by atoms with Crippen molar-refractivity contribution in [1.29, 1.82) is 0 Å². The number of nitrogens with one attached hydrogen (secondary N) is 1. The lowest BCUT2D eigenvalue weighted by Crippen LogP contribution is -2.81. The summed E-state index contributed by atoms with van der Waals surface area (Å²) in [5, 5.41) is 14.5. The maximum Gasteiger partial charge on any atom is 0.344 e. The fourth-order valence-electron chi connectivity index (χ4n) is 15.0. The SMILES string of the molecule is CC[C@]12C=CCN3CC[C@@]4(c5cc([C@@]6(C(=O)OC)C[C@@H]7CN(CCc8c6[nH]c6ccccc86)CC6(CCCCC6)C7)c(OC)cc5N(C)[C@H]4[C@@](O)(C(=O)OC)[C@@H]1OC(C)=O)[C@@H]32. The van der Waals surface area contributed by atoms with Crippen LogP contribution in [0.3, 0.4) is 0 Å². The van der Waals surface area contributed by atoms with Crippen LogP contribution in [0.4, 0.5) is 5.69 Å². The number of carbonyl (C=O) groups excluding carboxylic acids is 3. The van der Waals surface area contributed by atoms with E-state index in [1.807, 2.05) is 31.0 Å². The standard InChI is InChI=1S/C49H62N4O8/c1-7-46-19-13-21-53-23-20-47(40(46)53)34-24-35(38(58-4)25-37(34)51(3)41(47)49(57,44(56)60-6)42(46)61-30(2)54)48(43(55)59-5)27-31-26-45(17-11-8-12-18-45)29-52(28-31)22-16-33-32-14-9-10-15-36(32)50-39(33)48/h9-10,13-15,19,24-25,31,40-42,50,57H,7-8,11-12,16-18,20-23,26-29H2,1-6H3/t31-,40+,41-,42-,46-,47-,48+,49+/m1/s1. The molecule has 2 saturated carbocycles. The van der Waals surface area contributed by atoms with E-state index in [0.29, 0.717) is 38.1 Å². The fourth-order valence-corrected chi connectivity index (χ4v) is 15.0. The van der Waals surface area contributed by atoms with Gasteiger partial charge in [-0.25, -0.2) is 4.79 Å². The van der Waals surface area contributed by atoms with E-state index < -0.39 is 45.9 Å². The third-order valence-corrected chi connectivity index (χ3v) is 16.9. The number of para-hydroxylation sites is 1. The van der Waals surface area contributed by atoms with Crippen LogP contribution in [0.2, 0.25) is 0 Å². The van der Waals surface area contributed by atoms with Crippen LogP contribution in [0.1, 0.15) is 94.0 Å². The largest absolute Gasteiger partial charge is 0.496 e. The minimum absolute atomic E-state index is 0.191. The first-order valence-corrected chi connectivity index (χ1v) is 22.6. The van der Waals surface area contributed by atoms with Gasteiger partial charge in [-0.1, -0.05) is 56.5 Å². The molecule has 10 rings (SSSR count). The zero-order valence-corrected chi connectivity index (χ0v) is 36.7. The number of aromatic amines is 1. The molecule has 61 heavy (non-hydrogen) atoms. The minimum Gasteiger partial charge on any atom is -0.496 e. The lowest BCUT2D eigenvalue weighted by molar-refractivity contribution is -0.228. The van der Waals surface area contributed by atoms with Gasteiger partial charge in [-0.2, -0.15) is 0 Å². The van der Waals surface area contributed by atoms with Crippen molar-refractivity contribution >= 4 is 34.5 Å². The zero-order valence-electron chi connectivity index (χ0n) is 36.7. The van der Waals surface area contributed by atoms with E-state index in [1.54, 1.807) is 7.11 Å². The van der Waals surface area contributed by atoms with Gasteiger partial charge in [0.1, 0.15) is 11.2 Å². The Balaban J connectivity index is 1.26. The fraction of sp³-hybridized carbons (Fsp3) is 0.612. The summed E-state index contributed by atoms with van der Waals surface area (Å²) in [5.74, 6) is -1.03. The van der Waals surface area contributed by atoms with Crippen LogP contribution >= 0.6 is 0 Å². The van der Waals surface area contributed by atoms with Crippen LogP contribution in [-0.4, -0.2) is 123 Å². The van der Waals surface area contributed by atoms with Crippen molar-refractivity contribution in [2.24, 2.45) is 16.7 Å². The van der Waals surface area contributed by atoms with E-state index in [4.69, 9.17) is 18.9 Å². The highest BCUT2D eigenvalue weighted by molar-refractivity contribution is 5.95. The Morgan fingerprint density at radius 1 is 0.934 bits per heavy atom. The summed E-state index contributed by atoms with van der Waals surface area (Å²) < 4.78 is 24.2. The van der Waals surface area contributed by atoms with Crippen LogP contribution in [0.25, 0.3) is 10.9 Å². The normalized spacial score (nSPS) is 35.9. The number of fused-ring (bicyclic) bond motifs is 6. The molecule has 326 valence electrons. The molecule has 9 atom stereocenters. The van der Waals surface area contributed by atoms with Crippen molar-refractivity contribution < 1.29 is 38.4 Å². The molecule has 1 aromatic heterocycles. The molecule has 2 aliphatic carbocycles. The quantitative estimate of drug-likeness (QED) is 0.178. The number of carbonyl (C=O) groups is 3. The molecule has 6 heterocycles. The number of benzene rings is 2. The summed E-state index contributed by atoms with van der Waals surface area (Å²) in [5.41, 5.74) is 0.239. The van der Waals surface area contributed by atoms with Gasteiger partial charge in [0.2, 0.25) is 5.60 Å². The second kappa shape index (κ2) is 14.3. The Morgan fingerprint density at radius 3 is 2.43 bits per heavy atom. The molecule has 4 fully saturated rings. The van der Waals surface area contributed by atoms with Crippen molar-refractivity contribution in [3.05, 3.63) is 70.9 Å². The van der Waals surface area contributed by atoms with Crippen LogP contribution < -0.4 is 9.64 Å². The number of ether oxygens (including phenoxy) is 4. The third kappa shape index (κ3) is 5.36. The van der Waals surface area contributed by atoms with Crippen molar-refractivity contribution in [2.75, 3.05) is 66.0 Å². The summed E-state index contributed by atoms with van der Waals surface area (Å²) >= 11 is 0. The van der Waals surface area contributed by atoms with Gasteiger partial charge in [0.15, 0.2) is 6.10 Å². The van der Waals surface area contributed by atoms with Crippen LogP contribution in [0.5, 0.6) is 5.75 Å². The van der Waals surface area contributed by atoms with Gasteiger partial charge in [0.25, 0.3) is 0 Å². The summed E-state index contributed by atoms with van der Waals surface area (Å²) in [6, 6.07) is 11.4. The number of aromatic nitrogens is 1. The maximum atomic E-state index is 15.5. The Hall–Kier alpha value is -4.39. The number of likely N-dealkylation sites (N-methyl/N-ethyl adjacent to an activating group) is 1. The number of rotatable bonds is 6. The number of anilines is 1. The molecule has 7 aliphatic rings. The number of piperidine rings is 1. The van der Waals surface area contributed by atoms with Gasteiger partial charge in [-0.15, -0.1) is 0 Å². The van der Waals surface area contributed by atoms with E-state index in [0.717, 1.165) is 71.5 Å². The molecule has 2 bridgehead atoms. The molecular formula is C49H62N4O8. The van der Waals surface area contributed by atoms with Gasteiger partial charge in [0, 0.05) is 90.9 Å². The topological polar surface area (TPSA) is 134 Å². The molecular weight excluding hydrogens is 773 g/mol. The van der Waals surface area contributed by atoms with Crippen LogP contribution in [0.15, 0.2) is 48.6 Å².